The highest BCUT2D eigenvalue weighted by atomic mass is 32.1. The first-order valence-electron chi connectivity index (χ1n) is 7.27. The van der Waals surface area contributed by atoms with Gasteiger partial charge in [0.2, 0.25) is 0 Å². The minimum atomic E-state index is -0.250. The highest BCUT2D eigenvalue weighted by Crippen LogP contribution is 2.36. The standard InChI is InChI=1S/C16H20O3S.CH2O2/c1-5-10(2)6-12(17)16-8-11-7-13(18-3)14(19-4)9-15(11)20-16;2-1-3/h7-10H,5-6H2,1-4H3;1H,(H,2,3). The Morgan fingerprint density at radius 1 is 1.26 bits per heavy atom. The van der Waals surface area contributed by atoms with E-state index in [9.17, 15) is 4.79 Å². The van der Waals surface area contributed by atoms with E-state index in [4.69, 9.17) is 19.4 Å². The fourth-order valence-corrected chi connectivity index (χ4v) is 3.09. The van der Waals surface area contributed by atoms with Gasteiger partial charge < -0.3 is 14.6 Å². The number of ether oxygens (including phenoxy) is 2. The van der Waals surface area contributed by atoms with Crippen LogP contribution in [0.2, 0.25) is 0 Å². The number of hydrogen-bond acceptors (Lipinski definition) is 5. The van der Waals surface area contributed by atoms with E-state index in [-0.39, 0.29) is 12.3 Å². The second-order valence-corrected chi connectivity index (χ2v) is 6.19. The van der Waals surface area contributed by atoms with Gasteiger partial charge in [0.25, 0.3) is 6.47 Å². The summed E-state index contributed by atoms with van der Waals surface area (Å²) in [5, 5.41) is 7.92. The van der Waals surface area contributed by atoms with Crippen molar-refractivity contribution in [3.63, 3.8) is 0 Å². The van der Waals surface area contributed by atoms with Gasteiger partial charge in [-0.2, -0.15) is 0 Å². The lowest BCUT2D eigenvalue weighted by molar-refractivity contribution is -0.122. The Morgan fingerprint density at radius 3 is 2.35 bits per heavy atom. The molecule has 0 fully saturated rings. The smallest absolute Gasteiger partial charge is 0.290 e. The van der Waals surface area contributed by atoms with Gasteiger partial charge in [-0.1, -0.05) is 20.3 Å². The number of benzene rings is 1. The lowest BCUT2D eigenvalue weighted by Crippen LogP contribution is -2.03. The molecule has 1 unspecified atom stereocenters. The number of methoxy groups -OCH3 is 2. The number of hydrogen-bond donors (Lipinski definition) is 1. The van der Waals surface area contributed by atoms with Crippen LogP contribution in [0, 0.1) is 5.92 Å². The van der Waals surface area contributed by atoms with Crippen LogP contribution in [0.3, 0.4) is 0 Å². The van der Waals surface area contributed by atoms with Crippen LogP contribution in [0.25, 0.3) is 10.1 Å². The molecule has 0 bridgehead atoms. The number of carbonyl (C=O) groups is 2. The number of ketones is 1. The molecular formula is C17H22O5S. The zero-order chi connectivity index (χ0) is 17.4. The van der Waals surface area contributed by atoms with Gasteiger partial charge in [-0.3, -0.25) is 9.59 Å². The molecule has 0 amide bonds. The second kappa shape index (κ2) is 9.15. The van der Waals surface area contributed by atoms with Crippen molar-refractivity contribution in [2.75, 3.05) is 14.2 Å². The minimum absolute atomic E-state index is 0.221. The van der Waals surface area contributed by atoms with Crippen LogP contribution in [0.5, 0.6) is 11.5 Å². The number of carboxylic acid groups (broad SMARTS) is 1. The number of Topliss-reactive ketones (excluding diaryl/α,β-unsaturated/α-hetero) is 1. The summed E-state index contributed by atoms with van der Waals surface area (Å²) in [6, 6.07) is 5.80. The Morgan fingerprint density at radius 2 is 1.83 bits per heavy atom. The first-order valence-corrected chi connectivity index (χ1v) is 8.08. The fraction of sp³-hybridized carbons (Fsp3) is 0.412. The van der Waals surface area contributed by atoms with Gasteiger partial charge in [0, 0.05) is 17.2 Å². The van der Waals surface area contributed by atoms with Crippen LogP contribution in [0.15, 0.2) is 18.2 Å². The summed E-state index contributed by atoms with van der Waals surface area (Å²) in [6.07, 6.45) is 1.63. The molecule has 23 heavy (non-hydrogen) atoms. The summed E-state index contributed by atoms with van der Waals surface area (Å²) >= 11 is 1.52. The molecule has 0 saturated heterocycles. The van der Waals surface area contributed by atoms with E-state index >= 15 is 0 Å². The van der Waals surface area contributed by atoms with Crippen molar-refractivity contribution >= 4 is 33.7 Å². The van der Waals surface area contributed by atoms with Gasteiger partial charge in [-0.25, -0.2) is 0 Å². The Labute approximate surface area is 139 Å². The van der Waals surface area contributed by atoms with E-state index in [2.05, 4.69) is 13.8 Å². The maximum atomic E-state index is 12.2. The second-order valence-electron chi connectivity index (χ2n) is 5.10. The van der Waals surface area contributed by atoms with Crippen molar-refractivity contribution in [2.24, 2.45) is 5.92 Å². The molecular weight excluding hydrogens is 316 g/mol. The van der Waals surface area contributed by atoms with Crippen molar-refractivity contribution in [2.45, 2.75) is 26.7 Å². The van der Waals surface area contributed by atoms with E-state index in [1.54, 1.807) is 14.2 Å². The van der Waals surface area contributed by atoms with Gasteiger partial charge in [0.15, 0.2) is 17.3 Å². The van der Waals surface area contributed by atoms with Gasteiger partial charge in [-0.05, 0) is 23.4 Å². The topological polar surface area (TPSA) is 72.8 Å². The van der Waals surface area contributed by atoms with Gasteiger partial charge in [-0.15, -0.1) is 11.3 Å². The van der Waals surface area contributed by atoms with E-state index in [1.807, 2.05) is 18.2 Å². The molecule has 2 rings (SSSR count). The van der Waals surface area contributed by atoms with Crippen molar-refractivity contribution in [1.82, 2.24) is 0 Å². The van der Waals surface area contributed by atoms with E-state index in [0.29, 0.717) is 23.8 Å². The lowest BCUT2D eigenvalue weighted by Gasteiger charge is -2.06. The largest absolute Gasteiger partial charge is 0.493 e. The summed E-state index contributed by atoms with van der Waals surface area (Å²) < 4.78 is 11.6. The molecule has 0 saturated carbocycles. The number of thiophene rings is 1. The summed E-state index contributed by atoms with van der Waals surface area (Å²) in [6.45, 7) is 3.97. The quantitative estimate of drug-likeness (QED) is 0.630. The van der Waals surface area contributed by atoms with Crippen LogP contribution in [0.1, 0.15) is 36.4 Å². The van der Waals surface area contributed by atoms with E-state index in [0.717, 1.165) is 21.4 Å². The Kier molecular flexibility index (Phi) is 7.54. The predicted molar refractivity (Wildman–Crippen MR) is 92.0 cm³/mol. The summed E-state index contributed by atoms with van der Waals surface area (Å²) in [5.74, 6) is 2.04. The normalized spacial score (nSPS) is 11.3. The van der Waals surface area contributed by atoms with E-state index < -0.39 is 0 Å². The van der Waals surface area contributed by atoms with Crippen LogP contribution in [-0.2, 0) is 4.79 Å². The predicted octanol–water partition coefficient (Wildman–Crippen LogP) is 4.24. The molecule has 1 aromatic heterocycles. The van der Waals surface area contributed by atoms with Crippen LogP contribution in [0.4, 0.5) is 0 Å². The average molecular weight is 338 g/mol. The lowest BCUT2D eigenvalue weighted by atomic mass is 10.0. The van der Waals surface area contributed by atoms with Gasteiger partial charge >= 0.3 is 0 Å². The summed E-state index contributed by atoms with van der Waals surface area (Å²) in [5.41, 5.74) is 0. The maximum absolute atomic E-state index is 12.2. The average Bonchev–Trinajstić information content (AvgIpc) is 2.96. The molecule has 1 heterocycles. The van der Waals surface area contributed by atoms with Crippen LogP contribution in [-0.4, -0.2) is 31.6 Å². The number of carbonyl (C=O) groups excluding carboxylic acids is 1. The molecule has 1 atom stereocenters. The first kappa shape index (κ1) is 19.0. The molecule has 0 radical (unpaired) electrons. The SMILES string of the molecule is CCC(C)CC(=O)c1cc2cc(OC)c(OC)cc2s1.O=CO. The van der Waals surface area contributed by atoms with Crippen LogP contribution < -0.4 is 9.47 Å². The maximum Gasteiger partial charge on any atom is 0.290 e. The molecule has 2 aromatic rings. The molecule has 0 aliphatic rings. The molecule has 0 aliphatic carbocycles. The zero-order valence-corrected chi connectivity index (χ0v) is 14.6. The number of rotatable bonds is 6. The highest BCUT2D eigenvalue weighted by molar-refractivity contribution is 7.20. The van der Waals surface area contributed by atoms with Gasteiger partial charge in [0.05, 0.1) is 19.1 Å². The molecule has 0 aliphatic heterocycles. The zero-order valence-electron chi connectivity index (χ0n) is 13.8. The Balaban J connectivity index is 0.000000816. The molecule has 126 valence electrons. The Bertz CT molecular complexity index is 621. The third-order valence-electron chi connectivity index (χ3n) is 3.53. The molecule has 1 N–H and O–H groups in total. The third-order valence-corrected chi connectivity index (χ3v) is 4.67. The monoisotopic (exact) mass is 338 g/mol. The van der Waals surface area contributed by atoms with Crippen molar-refractivity contribution in [3.8, 4) is 11.5 Å². The van der Waals surface area contributed by atoms with Gasteiger partial charge in [0.1, 0.15) is 0 Å². The summed E-state index contributed by atoms with van der Waals surface area (Å²) in [4.78, 5) is 21.4. The minimum Gasteiger partial charge on any atom is -0.493 e. The fourth-order valence-electron chi connectivity index (χ4n) is 2.07. The van der Waals surface area contributed by atoms with Crippen molar-refractivity contribution < 1.29 is 24.2 Å². The first-order chi connectivity index (χ1) is 11.0. The van der Waals surface area contributed by atoms with Crippen molar-refractivity contribution in [3.05, 3.63) is 23.1 Å². The van der Waals surface area contributed by atoms with Crippen LogP contribution >= 0.6 is 11.3 Å². The third kappa shape index (κ3) is 4.96. The van der Waals surface area contributed by atoms with E-state index in [1.165, 1.54) is 11.3 Å². The molecule has 0 spiro atoms. The molecule has 1 aromatic carbocycles. The molecule has 5 nitrogen and oxygen atoms in total. The van der Waals surface area contributed by atoms with Crippen molar-refractivity contribution in [1.29, 1.82) is 0 Å². The molecule has 6 heteroatoms. The highest BCUT2D eigenvalue weighted by Gasteiger charge is 2.15. The summed E-state index contributed by atoms with van der Waals surface area (Å²) in [7, 11) is 3.23. The Hall–Kier alpha value is -2.08. The number of fused-ring (bicyclic) bond motifs is 1.